The molecular formula is C58H33N3O2S. The molecule has 0 saturated heterocycles. The molecule has 0 bridgehead atoms. The van der Waals surface area contributed by atoms with Crippen LogP contribution in [0, 0.1) is 0 Å². The van der Waals surface area contributed by atoms with Gasteiger partial charge in [-0.2, -0.15) is 0 Å². The predicted octanol–water partition coefficient (Wildman–Crippen LogP) is 16.4. The number of aromatic nitrogens is 3. The van der Waals surface area contributed by atoms with Crippen molar-refractivity contribution in [2.24, 2.45) is 0 Å². The lowest BCUT2D eigenvalue weighted by Gasteiger charge is -2.21. The highest BCUT2D eigenvalue weighted by atomic mass is 32.1. The fourth-order valence-electron chi connectivity index (χ4n) is 9.98. The van der Waals surface area contributed by atoms with Gasteiger partial charge in [-0.3, -0.25) is 0 Å². The molecule has 6 heteroatoms. The minimum absolute atomic E-state index is 0.704. The maximum Gasteiger partial charge on any atom is 0.160 e. The molecule has 0 N–H and O–H groups in total. The number of hydrogen-bond acceptors (Lipinski definition) is 5. The fourth-order valence-corrected chi connectivity index (χ4v) is 11.1. The van der Waals surface area contributed by atoms with Crippen molar-refractivity contribution in [2.45, 2.75) is 0 Å². The van der Waals surface area contributed by atoms with E-state index < -0.39 is 0 Å². The van der Waals surface area contributed by atoms with Crippen molar-refractivity contribution in [3.8, 4) is 50.6 Å². The molecule has 0 atom stereocenters. The van der Waals surface area contributed by atoms with Gasteiger partial charge in [0.05, 0.1) is 43.4 Å². The molecule has 0 radical (unpaired) electrons. The second kappa shape index (κ2) is 13.6. The Hall–Kier alpha value is -8.32. The first kappa shape index (κ1) is 35.3. The summed E-state index contributed by atoms with van der Waals surface area (Å²) in [6, 6.07) is 70.7. The van der Waals surface area contributed by atoms with Crippen molar-refractivity contribution in [1.82, 2.24) is 14.5 Å². The molecule has 0 amide bonds. The summed E-state index contributed by atoms with van der Waals surface area (Å²) in [5, 5.41) is 7.52. The summed E-state index contributed by atoms with van der Waals surface area (Å²) in [4.78, 5) is 10.7. The number of furan rings is 2. The van der Waals surface area contributed by atoms with E-state index >= 15 is 0 Å². The zero-order valence-electron chi connectivity index (χ0n) is 34.1. The maximum absolute atomic E-state index is 6.96. The number of hydrogen-bond donors (Lipinski definition) is 0. The molecule has 0 aliphatic heterocycles. The Morgan fingerprint density at radius 1 is 0.406 bits per heavy atom. The highest BCUT2D eigenvalue weighted by Crippen LogP contribution is 2.49. The minimum atomic E-state index is 0.704. The van der Waals surface area contributed by atoms with Crippen LogP contribution < -0.4 is 0 Å². The van der Waals surface area contributed by atoms with E-state index in [0.29, 0.717) is 5.82 Å². The quantitative estimate of drug-likeness (QED) is 0.173. The summed E-state index contributed by atoms with van der Waals surface area (Å²) in [6.45, 7) is 0. The molecule has 0 fully saturated rings. The van der Waals surface area contributed by atoms with E-state index in [9.17, 15) is 0 Å². The third-order valence-corrected chi connectivity index (χ3v) is 14.0. The Labute approximate surface area is 369 Å². The predicted molar refractivity (Wildman–Crippen MR) is 266 cm³/mol. The van der Waals surface area contributed by atoms with Gasteiger partial charge < -0.3 is 13.4 Å². The van der Waals surface area contributed by atoms with Gasteiger partial charge in [0.1, 0.15) is 22.3 Å². The van der Waals surface area contributed by atoms with Crippen molar-refractivity contribution in [3.05, 3.63) is 200 Å². The van der Waals surface area contributed by atoms with Crippen LogP contribution in [0.2, 0.25) is 0 Å². The molecule has 0 spiro atoms. The summed E-state index contributed by atoms with van der Waals surface area (Å²) in [7, 11) is 0. The number of thiophene rings is 1. The Bertz CT molecular complexity index is 4120. The highest BCUT2D eigenvalue weighted by Gasteiger charge is 2.26. The van der Waals surface area contributed by atoms with E-state index in [-0.39, 0.29) is 0 Å². The second-order valence-corrected chi connectivity index (χ2v) is 17.4. The second-order valence-electron chi connectivity index (χ2n) is 16.4. The van der Waals surface area contributed by atoms with Gasteiger partial charge in [0.2, 0.25) is 0 Å². The Kier molecular flexibility index (Phi) is 7.49. The summed E-state index contributed by atoms with van der Waals surface area (Å²) in [5.74, 6) is 0.704. The lowest BCUT2D eigenvalue weighted by atomic mass is 9.91. The molecule has 0 aliphatic rings. The van der Waals surface area contributed by atoms with Gasteiger partial charge in [0, 0.05) is 53.9 Å². The molecule has 298 valence electrons. The molecule has 0 aliphatic carbocycles. The molecule has 5 nitrogen and oxygen atoms in total. The zero-order valence-corrected chi connectivity index (χ0v) is 34.9. The third-order valence-electron chi connectivity index (χ3n) is 12.8. The smallest absolute Gasteiger partial charge is 0.160 e. The summed E-state index contributed by atoms with van der Waals surface area (Å²) < 4.78 is 18.2. The van der Waals surface area contributed by atoms with Crippen LogP contribution in [-0.4, -0.2) is 14.5 Å². The van der Waals surface area contributed by atoms with E-state index in [1.54, 1.807) is 11.3 Å². The number of para-hydroxylation sites is 2. The Morgan fingerprint density at radius 2 is 1.00 bits per heavy atom. The van der Waals surface area contributed by atoms with E-state index in [1.807, 2.05) is 30.3 Å². The first-order valence-electron chi connectivity index (χ1n) is 21.5. The van der Waals surface area contributed by atoms with E-state index in [4.69, 9.17) is 18.8 Å². The molecule has 0 saturated carbocycles. The van der Waals surface area contributed by atoms with Crippen LogP contribution >= 0.6 is 11.3 Å². The Balaban J connectivity index is 1.11. The molecule has 14 aromatic rings. The number of fused-ring (bicyclic) bond motifs is 14. The average Bonchev–Trinajstić information content (AvgIpc) is 4.13. The summed E-state index contributed by atoms with van der Waals surface area (Å²) in [5.41, 5.74) is 14.8. The molecule has 9 aromatic carbocycles. The minimum Gasteiger partial charge on any atom is -0.455 e. The average molecular weight is 836 g/mol. The van der Waals surface area contributed by atoms with Crippen LogP contribution in [0.15, 0.2) is 209 Å². The van der Waals surface area contributed by atoms with Gasteiger partial charge in [-0.25, -0.2) is 9.97 Å². The summed E-state index contributed by atoms with van der Waals surface area (Å²) >= 11 is 1.75. The van der Waals surface area contributed by atoms with Crippen LogP contribution in [0.4, 0.5) is 0 Å². The van der Waals surface area contributed by atoms with E-state index in [1.165, 1.54) is 4.70 Å². The standard InChI is InChI=1S/C58H33N3O2S/c1-4-16-34(17-5-1)43-32-37(52-57-53(41-24-12-15-27-49(41)64-57)60-58(59-52)36-20-8-3-9-21-36)33-44(35-18-6-2-7-19-35)54(43)61-45-25-13-10-23-40(45)50-46(61)30-28-42-51-48(63-56(42)50)31-29-39-38-22-11-14-26-47(38)62-55(39)51/h1-33H. The largest absolute Gasteiger partial charge is 0.455 e. The number of nitrogens with zero attached hydrogens (tertiary/aromatic N) is 3. The Morgan fingerprint density at radius 3 is 1.75 bits per heavy atom. The lowest BCUT2D eigenvalue weighted by molar-refractivity contribution is 0.665. The van der Waals surface area contributed by atoms with Crippen LogP contribution in [0.5, 0.6) is 0 Å². The van der Waals surface area contributed by atoms with Crippen LogP contribution in [0.1, 0.15) is 0 Å². The zero-order chi connectivity index (χ0) is 41.9. The first-order chi connectivity index (χ1) is 31.7. The molecular weight excluding hydrogens is 803 g/mol. The van der Waals surface area contributed by atoms with Gasteiger partial charge >= 0.3 is 0 Å². The first-order valence-corrected chi connectivity index (χ1v) is 22.3. The lowest BCUT2D eigenvalue weighted by Crippen LogP contribution is -2.02. The normalized spacial score (nSPS) is 12.1. The van der Waals surface area contributed by atoms with Crippen molar-refractivity contribution < 1.29 is 8.83 Å². The van der Waals surface area contributed by atoms with Crippen molar-refractivity contribution >= 4 is 97.3 Å². The molecule has 0 unspecified atom stereocenters. The number of benzene rings is 9. The van der Waals surface area contributed by atoms with Gasteiger partial charge in [-0.05, 0) is 65.7 Å². The van der Waals surface area contributed by atoms with Gasteiger partial charge in [0.15, 0.2) is 5.82 Å². The third kappa shape index (κ3) is 5.11. The van der Waals surface area contributed by atoms with E-state index in [0.717, 1.165) is 126 Å². The van der Waals surface area contributed by atoms with Crippen LogP contribution in [0.25, 0.3) is 137 Å². The maximum atomic E-state index is 6.96. The van der Waals surface area contributed by atoms with Crippen molar-refractivity contribution in [1.29, 1.82) is 0 Å². The monoisotopic (exact) mass is 835 g/mol. The molecule has 64 heavy (non-hydrogen) atoms. The number of rotatable bonds is 5. The van der Waals surface area contributed by atoms with Gasteiger partial charge in [-0.15, -0.1) is 11.3 Å². The molecule has 5 aromatic heterocycles. The molecule has 5 heterocycles. The fraction of sp³-hybridized carbons (Fsp3) is 0. The SMILES string of the molecule is c1ccc(-c2nc(-c3cc(-c4ccccc4)c(-n4c5ccccc5c5c6oc7ccc8c9ccccc9oc8c7c6ccc54)c(-c4ccccc4)c3)c3sc4ccccc4c3n2)cc1. The van der Waals surface area contributed by atoms with Crippen LogP contribution in [-0.2, 0) is 0 Å². The highest BCUT2D eigenvalue weighted by molar-refractivity contribution is 7.26. The van der Waals surface area contributed by atoms with Crippen molar-refractivity contribution in [3.63, 3.8) is 0 Å². The van der Waals surface area contributed by atoms with Crippen molar-refractivity contribution in [2.75, 3.05) is 0 Å². The van der Waals surface area contributed by atoms with E-state index in [2.05, 4.69) is 174 Å². The topological polar surface area (TPSA) is 57.0 Å². The summed E-state index contributed by atoms with van der Waals surface area (Å²) in [6.07, 6.45) is 0. The molecule has 14 rings (SSSR count). The van der Waals surface area contributed by atoms with Gasteiger partial charge in [-0.1, -0.05) is 146 Å². The van der Waals surface area contributed by atoms with Crippen LogP contribution in [0.3, 0.4) is 0 Å². The van der Waals surface area contributed by atoms with Gasteiger partial charge in [0.25, 0.3) is 0 Å².